The predicted octanol–water partition coefficient (Wildman–Crippen LogP) is -1.76. The van der Waals surface area contributed by atoms with E-state index in [0.717, 1.165) is 0 Å². The van der Waals surface area contributed by atoms with Crippen LogP contribution in [-0.4, -0.2) is 24.1 Å². The Hall–Kier alpha value is -1.23. The molecule has 9 heavy (non-hydrogen) atoms. The van der Waals surface area contributed by atoms with Crippen molar-refractivity contribution in [2.24, 2.45) is 21.5 Å². The molecule has 1 rings (SSSR count). The van der Waals surface area contributed by atoms with Crippen LogP contribution in [-0.2, 0) is 4.79 Å². The molecular formula is C4H6N4O. The molecule has 1 aliphatic heterocycles. The van der Waals surface area contributed by atoms with Crippen molar-refractivity contribution in [3.05, 3.63) is 0 Å². The van der Waals surface area contributed by atoms with Crippen LogP contribution >= 0.6 is 0 Å². The molecule has 1 heterocycles. The lowest BCUT2D eigenvalue weighted by Gasteiger charge is -2.10. The Bertz CT molecular complexity index is 183. The smallest absolute Gasteiger partial charge is 0.283 e. The van der Waals surface area contributed by atoms with Gasteiger partial charge in [-0.15, -0.1) is 0 Å². The fourth-order valence-corrected chi connectivity index (χ4v) is 0.455. The summed E-state index contributed by atoms with van der Waals surface area (Å²) in [5.74, 6) is -2.27. The van der Waals surface area contributed by atoms with Crippen molar-refractivity contribution >= 4 is 18.3 Å². The Kier molecular flexibility index (Phi) is 1.07. The minimum Gasteiger partial charge on any atom is -0.365 e. The maximum Gasteiger partial charge on any atom is 0.283 e. The molecule has 1 aliphatic rings. The van der Waals surface area contributed by atoms with Crippen LogP contribution in [0.5, 0.6) is 0 Å². The number of hydrogen-bond donors (Lipinski definition) is 2. The van der Waals surface area contributed by atoms with Crippen LogP contribution in [0.3, 0.4) is 0 Å². The van der Waals surface area contributed by atoms with E-state index in [2.05, 4.69) is 9.98 Å². The van der Waals surface area contributed by atoms with Crippen LogP contribution in [0.1, 0.15) is 0 Å². The maximum atomic E-state index is 10.4. The summed E-state index contributed by atoms with van der Waals surface area (Å²) in [7, 11) is 0. The third-order valence-electron chi connectivity index (χ3n) is 0.972. The highest BCUT2D eigenvalue weighted by Crippen LogP contribution is 2.04. The van der Waals surface area contributed by atoms with Gasteiger partial charge in [-0.2, -0.15) is 0 Å². The van der Waals surface area contributed by atoms with Gasteiger partial charge < -0.3 is 5.73 Å². The average molecular weight is 126 g/mol. The van der Waals surface area contributed by atoms with Crippen LogP contribution in [0, 0.1) is 0 Å². The van der Waals surface area contributed by atoms with Crippen LogP contribution in [0.25, 0.3) is 0 Å². The second kappa shape index (κ2) is 1.63. The molecule has 48 valence electrons. The third-order valence-corrected chi connectivity index (χ3v) is 0.972. The fourth-order valence-electron chi connectivity index (χ4n) is 0.455. The largest absolute Gasteiger partial charge is 0.365 e. The highest BCUT2D eigenvalue weighted by atomic mass is 16.2. The van der Waals surface area contributed by atoms with E-state index in [1.165, 1.54) is 12.4 Å². The Labute approximate surface area is 51.5 Å². The summed E-state index contributed by atoms with van der Waals surface area (Å²) >= 11 is 0. The molecule has 0 unspecified atom stereocenters. The van der Waals surface area contributed by atoms with E-state index in [9.17, 15) is 4.79 Å². The molecule has 0 aliphatic carbocycles. The van der Waals surface area contributed by atoms with Crippen LogP contribution in [0.2, 0.25) is 0 Å². The summed E-state index contributed by atoms with van der Waals surface area (Å²) in [5.41, 5.74) is 10.1. The highest BCUT2D eigenvalue weighted by molar-refractivity contribution is 6.19. The van der Waals surface area contributed by atoms with Gasteiger partial charge in [0.1, 0.15) is 0 Å². The SMILES string of the molecule is NC(=O)C1(N)N=CC=N1. The van der Waals surface area contributed by atoms with Gasteiger partial charge in [0, 0.05) is 12.4 Å². The lowest BCUT2D eigenvalue weighted by molar-refractivity contribution is -0.122. The third kappa shape index (κ3) is 0.812. The van der Waals surface area contributed by atoms with Gasteiger partial charge in [0.15, 0.2) is 0 Å². The van der Waals surface area contributed by atoms with Crippen molar-refractivity contribution in [1.29, 1.82) is 0 Å². The summed E-state index contributed by atoms with van der Waals surface area (Å²) in [6, 6.07) is 0. The Morgan fingerprint density at radius 3 is 2.11 bits per heavy atom. The Balaban J connectivity index is 2.88. The molecule has 0 saturated carbocycles. The maximum absolute atomic E-state index is 10.4. The first kappa shape index (κ1) is 5.90. The minimum absolute atomic E-state index is 0.743. The van der Waals surface area contributed by atoms with E-state index in [-0.39, 0.29) is 0 Å². The van der Waals surface area contributed by atoms with Crippen LogP contribution < -0.4 is 11.5 Å². The summed E-state index contributed by atoms with van der Waals surface area (Å²) in [6.45, 7) is 0. The molecule has 0 fully saturated rings. The van der Waals surface area contributed by atoms with Crippen molar-refractivity contribution in [1.82, 2.24) is 0 Å². The number of nitrogens with two attached hydrogens (primary N) is 2. The van der Waals surface area contributed by atoms with Gasteiger partial charge in [0.05, 0.1) is 0 Å². The van der Waals surface area contributed by atoms with Crippen molar-refractivity contribution in [2.45, 2.75) is 5.79 Å². The molecule has 5 nitrogen and oxygen atoms in total. The average Bonchev–Trinajstić information content (AvgIpc) is 2.16. The number of rotatable bonds is 1. The lowest BCUT2D eigenvalue weighted by atomic mass is 10.4. The number of primary amides is 1. The number of nitrogens with zero attached hydrogens (tertiary/aromatic N) is 2. The standard InChI is InChI=1S/C4H6N4O/c5-3(9)4(6)7-1-2-8-4/h1-2H,6H2,(H2,5,9). The molecule has 0 aromatic rings. The summed E-state index contributed by atoms with van der Waals surface area (Å²) in [4.78, 5) is 17.4. The van der Waals surface area contributed by atoms with Crippen molar-refractivity contribution < 1.29 is 4.79 Å². The zero-order chi connectivity index (χ0) is 6.91. The van der Waals surface area contributed by atoms with E-state index < -0.39 is 11.7 Å². The van der Waals surface area contributed by atoms with E-state index in [1.807, 2.05) is 0 Å². The number of carbonyl (C=O) groups excluding carboxylic acids is 1. The van der Waals surface area contributed by atoms with Crippen molar-refractivity contribution in [3.8, 4) is 0 Å². The second-order valence-corrected chi connectivity index (χ2v) is 1.65. The first-order valence-corrected chi connectivity index (χ1v) is 2.33. The molecule has 0 radical (unpaired) electrons. The predicted molar refractivity (Wildman–Crippen MR) is 33.1 cm³/mol. The van der Waals surface area contributed by atoms with Gasteiger partial charge in [-0.05, 0) is 0 Å². The zero-order valence-electron chi connectivity index (χ0n) is 4.61. The van der Waals surface area contributed by atoms with Crippen LogP contribution in [0.15, 0.2) is 9.98 Å². The number of amides is 1. The molecule has 0 aromatic heterocycles. The summed E-state index contributed by atoms with van der Waals surface area (Å²) in [5, 5.41) is 0. The van der Waals surface area contributed by atoms with E-state index in [4.69, 9.17) is 11.5 Å². The molecule has 4 N–H and O–H groups in total. The lowest BCUT2D eigenvalue weighted by Crippen LogP contribution is -2.47. The van der Waals surface area contributed by atoms with Crippen molar-refractivity contribution in [2.75, 3.05) is 0 Å². The molecule has 0 aromatic carbocycles. The number of carbonyl (C=O) groups is 1. The minimum atomic E-state index is -1.53. The molecule has 0 atom stereocenters. The molecule has 0 saturated heterocycles. The van der Waals surface area contributed by atoms with Gasteiger partial charge in [0.25, 0.3) is 11.7 Å². The second-order valence-electron chi connectivity index (χ2n) is 1.65. The fraction of sp³-hybridized carbons (Fsp3) is 0.250. The number of hydrogen-bond acceptors (Lipinski definition) is 4. The highest BCUT2D eigenvalue weighted by Gasteiger charge is 2.30. The van der Waals surface area contributed by atoms with Gasteiger partial charge in [-0.1, -0.05) is 0 Å². The molecular weight excluding hydrogens is 120 g/mol. The van der Waals surface area contributed by atoms with E-state index in [0.29, 0.717) is 0 Å². The Morgan fingerprint density at radius 1 is 1.44 bits per heavy atom. The van der Waals surface area contributed by atoms with Crippen molar-refractivity contribution in [3.63, 3.8) is 0 Å². The molecule has 0 bridgehead atoms. The molecule has 5 heteroatoms. The zero-order valence-corrected chi connectivity index (χ0v) is 4.61. The van der Waals surface area contributed by atoms with Gasteiger partial charge in [-0.3, -0.25) is 10.5 Å². The molecule has 1 amide bonds. The monoisotopic (exact) mass is 126 g/mol. The van der Waals surface area contributed by atoms with Gasteiger partial charge in [0.2, 0.25) is 0 Å². The molecule has 0 spiro atoms. The first-order chi connectivity index (χ1) is 4.15. The van der Waals surface area contributed by atoms with Crippen LogP contribution in [0.4, 0.5) is 0 Å². The number of aliphatic imine (C=N–C) groups is 2. The first-order valence-electron chi connectivity index (χ1n) is 2.33. The van der Waals surface area contributed by atoms with E-state index in [1.54, 1.807) is 0 Å². The van der Waals surface area contributed by atoms with Gasteiger partial charge in [-0.25, -0.2) is 9.98 Å². The summed E-state index contributed by atoms with van der Waals surface area (Å²) < 4.78 is 0. The topological polar surface area (TPSA) is 93.8 Å². The normalized spacial score (nSPS) is 20.6. The Morgan fingerprint density at radius 2 is 1.89 bits per heavy atom. The van der Waals surface area contributed by atoms with E-state index >= 15 is 0 Å². The summed E-state index contributed by atoms with van der Waals surface area (Å²) in [6.07, 6.45) is 2.68. The quantitative estimate of drug-likeness (QED) is 0.435. The van der Waals surface area contributed by atoms with Gasteiger partial charge >= 0.3 is 0 Å².